The van der Waals surface area contributed by atoms with Gasteiger partial charge in [-0.1, -0.05) is 48.9 Å². The van der Waals surface area contributed by atoms with Gasteiger partial charge in [0.15, 0.2) is 0 Å². The van der Waals surface area contributed by atoms with Gasteiger partial charge < -0.3 is 15.7 Å². The number of hydrogen-bond donors (Lipinski definition) is 3. The lowest BCUT2D eigenvalue weighted by atomic mass is 9.86. The summed E-state index contributed by atoms with van der Waals surface area (Å²) in [5.74, 6) is 0.650. The van der Waals surface area contributed by atoms with Crippen LogP contribution < -0.4 is 10.6 Å². The average molecular weight is 300 g/mol. The van der Waals surface area contributed by atoms with Crippen LogP contribution in [0, 0.1) is 5.92 Å². The Morgan fingerprint density at radius 2 is 1.95 bits per heavy atom. The first kappa shape index (κ1) is 15.1. The third-order valence-corrected chi connectivity index (χ3v) is 4.74. The van der Waals surface area contributed by atoms with Crippen LogP contribution in [0.4, 0.5) is 4.79 Å². The zero-order valence-corrected chi connectivity index (χ0v) is 13.0. The molecule has 1 aromatic carbocycles. The Hall–Kier alpha value is -1.81. The van der Waals surface area contributed by atoms with Crippen LogP contribution in [0.1, 0.15) is 38.2 Å². The van der Waals surface area contributed by atoms with Crippen molar-refractivity contribution in [2.24, 2.45) is 5.92 Å². The highest BCUT2D eigenvalue weighted by molar-refractivity contribution is 5.65. The van der Waals surface area contributed by atoms with Gasteiger partial charge >= 0.3 is 6.09 Å². The molecule has 0 saturated heterocycles. The summed E-state index contributed by atoms with van der Waals surface area (Å²) in [5.41, 5.74) is 2.79. The maximum atomic E-state index is 10.6. The number of carbonyl (C=O) groups is 1. The second kappa shape index (κ2) is 6.53. The molecule has 0 spiro atoms. The van der Waals surface area contributed by atoms with Gasteiger partial charge in [0.05, 0.1) is 0 Å². The summed E-state index contributed by atoms with van der Waals surface area (Å²) in [7, 11) is 0. The Morgan fingerprint density at radius 1 is 1.23 bits per heavy atom. The molecule has 2 aliphatic rings. The van der Waals surface area contributed by atoms with Crippen molar-refractivity contribution in [3.8, 4) is 0 Å². The highest BCUT2D eigenvalue weighted by atomic mass is 16.4. The maximum Gasteiger partial charge on any atom is 0.404 e. The predicted molar refractivity (Wildman–Crippen MR) is 87.7 cm³/mol. The normalized spacial score (nSPS) is 30.5. The molecule has 0 aliphatic heterocycles. The fourth-order valence-electron chi connectivity index (χ4n) is 3.37. The average Bonchev–Trinajstić information content (AvgIpc) is 3.22. The molecule has 4 heteroatoms. The summed E-state index contributed by atoms with van der Waals surface area (Å²) >= 11 is 0. The highest BCUT2D eigenvalue weighted by Crippen LogP contribution is 2.41. The first-order valence-electron chi connectivity index (χ1n) is 8.16. The maximum absolute atomic E-state index is 10.6. The van der Waals surface area contributed by atoms with Gasteiger partial charge in [0, 0.05) is 18.1 Å². The summed E-state index contributed by atoms with van der Waals surface area (Å²) in [4.78, 5) is 10.6. The summed E-state index contributed by atoms with van der Waals surface area (Å²) in [5, 5.41) is 14.9. The molecule has 0 unspecified atom stereocenters. The van der Waals surface area contributed by atoms with E-state index in [-0.39, 0.29) is 6.04 Å². The van der Waals surface area contributed by atoms with E-state index in [4.69, 9.17) is 5.11 Å². The molecule has 22 heavy (non-hydrogen) atoms. The molecule has 0 radical (unpaired) electrons. The van der Waals surface area contributed by atoms with Gasteiger partial charge in [-0.2, -0.15) is 0 Å². The summed E-state index contributed by atoms with van der Waals surface area (Å²) in [6.45, 7) is 2.22. The number of amides is 1. The summed E-state index contributed by atoms with van der Waals surface area (Å²) in [6.07, 6.45) is 5.54. The van der Waals surface area contributed by atoms with Crippen molar-refractivity contribution in [3.05, 3.63) is 41.5 Å². The Balaban J connectivity index is 1.47. The van der Waals surface area contributed by atoms with Gasteiger partial charge in [-0.05, 0) is 37.2 Å². The van der Waals surface area contributed by atoms with E-state index in [1.807, 2.05) is 6.07 Å². The predicted octanol–water partition coefficient (Wildman–Crippen LogP) is 3.26. The molecular formula is C18H24N2O2. The van der Waals surface area contributed by atoms with Crippen LogP contribution in [0.2, 0.25) is 0 Å². The van der Waals surface area contributed by atoms with Gasteiger partial charge in [0.2, 0.25) is 0 Å². The van der Waals surface area contributed by atoms with E-state index in [1.165, 1.54) is 17.6 Å². The molecule has 2 saturated carbocycles. The number of carboxylic acid groups (broad SMARTS) is 1. The van der Waals surface area contributed by atoms with Crippen LogP contribution >= 0.6 is 0 Å². The van der Waals surface area contributed by atoms with Crippen molar-refractivity contribution in [2.45, 2.75) is 50.7 Å². The largest absolute Gasteiger partial charge is 0.465 e. The van der Waals surface area contributed by atoms with Crippen LogP contribution in [-0.2, 0) is 0 Å². The Morgan fingerprint density at radius 3 is 2.59 bits per heavy atom. The molecule has 118 valence electrons. The molecule has 0 aromatic heterocycles. The minimum Gasteiger partial charge on any atom is -0.465 e. The van der Waals surface area contributed by atoms with Crippen LogP contribution in [-0.4, -0.2) is 29.3 Å². The monoisotopic (exact) mass is 300 g/mol. The van der Waals surface area contributed by atoms with E-state index in [2.05, 4.69) is 47.9 Å². The van der Waals surface area contributed by atoms with E-state index >= 15 is 0 Å². The Bertz CT molecular complexity index is 549. The molecular weight excluding hydrogens is 276 g/mol. The Labute approximate surface area is 131 Å². The van der Waals surface area contributed by atoms with Gasteiger partial charge in [0.25, 0.3) is 0 Å². The molecule has 1 amide bonds. The third-order valence-electron chi connectivity index (χ3n) is 4.74. The molecule has 0 bridgehead atoms. The lowest BCUT2D eigenvalue weighted by Gasteiger charge is -2.36. The number of nitrogens with one attached hydrogen (secondary N) is 2. The van der Waals surface area contributed by atoms with Crippen molar-refractivity contribution >= 4 is 12.2 Å². The molecule has 1 aromatic rings. The lowest BCUT2D eigenvalue weighted by Crippen LogP contribution is -2.52. The molecule has 2 aliphatic carbocycles. The number of benzene rings is 1. The van der Waals surface area contributed by atoms with Crippen molar-refractivity contribution < 1.29 is 9.90 Å². The topological polar surface area (TPSA) is 61.4 Å². The van der Waals surface area contributed by atoms with E-state index < -0.39 is 6.09 Å². The van der Waals surface area contributed by atoms with E-state index in [1.54, 1.807) is 0 Å². The zero-order chi connectivity index (χ0) is 15.5. The van der Waals surface area contributed by atoms with Crippen LogP contribution in [0.15, 0.2) is 35.9 Å². The highest BCUT2D eigenvalue weighted by Gasteiger charge is 2.42. The van der Waals surface area contributed by atoms with Gasteiger partial charge in [-0.15, -0.1) is 0 Å². The fourth-order valence-corrected chi connectivity index (χ4v) is 3.37. The van der Waals surface area contributed by atoms with Crippen molar-refractivity contribution in [3.63, 3.8) is 0 Å². The molecule has 3 rings (SSSR count). The van der Waals surface area contributed by atoms with Crippen LogP contribution in [0.25, 0.3) is 6.08 Å². The van der Waals surface area contributed by atoms with E-state index in [9.17, 15) is 4.79 Å². The van der Waals surface area contributed by atoms with Crippen LogP contribution in [0.5, 0.6) is 0 Å². The first-order chi connectivity index (χ1) is 10.7. The Kier molecular flexibility index (Phi) is 4.48. The smallest absolute Gasteiger partial charge is 0.404 e. The van der Waals surface area contributed by atoms with Gasteiger partial charge in [-0.3, -0.25) is 0 Å². The van der Waals surface area contributed by atoms with Crippen molar-refractivity contribution in [1.29, 1.82) is 0 Å². The number of rotatable bonds is 6. The zero-order valence-electron chi connectivity index (χ0n) is 13.0. The molecule has 2 fully saturated rings. The minimum absolute atomic E-state index is 0.137. The van der Waals surface area contributed by atoms with Crippen molar-refractivity contribution in [2.75, 3.05) is 0 Å². The lowest BCUT2D eigenvalue weighted by molar-refractivity contribution is 0.172. The first-order valence-corrected chi connectivity index (χ1v) is 8.16. The van der Waals surface area contributed by atoms with Crippen molar-refractivity contribution in [1.82, 2.24) is 10.6 Å². The summed E-state index contributed by atoms with van der Waals surface area (Å²) in [6, 6.07) is 11.7. The second-order valence-electron chi connectivity index (χ2n) is 6.41. The molecule has 2 atom stereocenters. The minimum atomic E-state index is -0.910. The third kappa shape index (κ3) is 3.69. The standard InChI is InChI=1S/C18H24N2O2/c1-2-13(8-12-6-4-3-5-7-12)16-11-17(16)19-14-9-15(10-14)20-18(21)22/h3-8,14-17,19-20H,2,9-11H2,1H3,(H,21,22)/b13-8+/t14?,15?,16-,17+/m0/s1. The molecule has 3 N–H and O–H groups in total. The molecule has 0 heterocycles. The van der Waals surface area contributed by atoms with Crippen LogP contribution in [0.3, 0.4) is 0 Å². The van der Waals surface area contributed by atoms with E-state index in [0.29, 0.717) is 18.0 Å². The van der Waals surface area contributed by atoms with Gasteiger partial charge in [0.1, 0.15) is 0 Å². The quantitative estimate of drug-likeness (QED) is 0.755. The molecule has 4 nitrogen and oxygen atoms in total. The van der Waals surface area contributed by atoms with E-state index in [0.717, 1.165) is 19.3 Å². The number of hydrogen-bond acceptors (Lipinski definition) is 2. The summed E-state index contributed by atoms with van der Waals surface area (Å²) < 4.78 is 0. The second-order valence-corrected chi connectivity index (χ2v) is 6.41. The SMILES string of the molecule is CC/C(=C\c1ccccc1)[C@@H]1C[C@H]1NC1CC(NC(=O)O)C1. The van der Waals surface area contributed by atoms with Gasteiger partial charge in [-0.25, -0.2) is 4.79 Å². The fraction of sp³-hybridized carbons (Fsp3) is 0.500.